The molecule has 4 aromatic rings. The van der Waals surface area contributed by atoms with Gasteiger partial charge in [-0.2, -0.15) is 0 Å². The maximum Gasteiger partial charge on any atom is 0.229 e. The summed E-state index contributed by atoms with van der Waals surface area (Å²) in [5, 5.41) is 6.16. The first-order valence-corrected chi connectivity index (χ1v) is 14.2. The number of rotatable bonds is 5. The van der Waals surface area contributed by atoms with Crippen molar-refractivity contribution in [3.8, 4) is 11.8 Å². The molecular weight excluding hydrogens is 528 g/mol. The molecule has 2 aliphatic carbocycles. The summed E-state index contributed by atoms with van der Waals surface area (Å²) in [6.07, 6.45) is 3.81. The highest BCUT2D eigenvalue weighted by Crippen LogP contribution is 2.71. The molecule has 9 heteroatoms. The Bertz CT molecular complexity index is 1770. The zero-order chi connectivity index (χ0) is 29.1. The van der Waals surface area contributed by atoms with Gasteiger partial charge in [0.25, 0.3) is 0 Å². The van der Waals surface area contributed by atoms with Gasteiger partial charge in [-0.15, -0.1) is 0 Å². The van der Waals surface area contributed by atoms with Crippen LogP contribution in [0.15, 0.2) is 67.0 Å². The van der Waals surface area contributed by atoms with E-state index in [4.69, 9.17) is 24.4 Å². The highest BCUT2D eigenvalue weighted by atomic mass is 16.8. The zero-order valence-electron chi connectivity index (χ0n) is 24.0. The summed E-state index contributed by atoms with van der Waals surface area (Å²) in [6, 6.07) is 19.6. The number of nitrogens with one attached hydrogen (secondary N) is 2. The Kier molecular flexibility index (Phi) is 6.15. The van der Waals surface area contributed by atoms with Gasteiger partial charge in [-0.1, -0.05) is 54.5 Å². The second-order valence-electron chi connectivity index (χ2n) is 11.5. The Morgan fingerprint density at radius 3 is 2.45 bits per heavy atom. The molecule has 3 aliphatic rings. The van der Waals surface area contributed by atoms with E-state index in [1.807, 2.05) is 92.2 Å². The summed E-state index contributed by atoms with van der Waals surface area (Å²) in [5.41, 5.74) is 4.10. The van der Waals surface area contributed by atoms with Crippen LogP contribution in [0.5, 0.6) is 0 Å². The third kappa shape index (κ3) is 4.18. The van der Waals surface area contributed by atoms with Crippen molar-refractivity contribution in [2.45, 2.75) is 44.3 Å². The smallest absolute Gasteiger partial charge is 0.229 e. The molecule has 1 amide bonds. The van der Waals surface area contributed by atoms with Crippen LogP contribution in [-0.4, -0.2) is 57.5 Å². The van der Waals surface area contributed by atoms with E-state index in [1.165, 1.54) is 0 Å². The molecule has 212 valence electrons. The summed E-state index contributed by atoms with van der Waals surface area (Å²) < 4.78 is 14.8. The van der Waals surface area contributed by atoms with Crippen LogP contribution in [0.1, 0.15) is 49.0 Å². The normalized spacial score (nSPS) is 27.1. The van der Waals surface area contributed by atoms with E-state index in [9.17, 15) is 4.79 Å². The van der Waals surface area contributed by atoms with Crippen LogP contribution in [0.3, 0.4) is 0 Å². The van der Waals surface area contributed by atoms with Gasteiger partial charge in [0.2, 0.25) is 11.7 Å². The monoisotopic (exact) mass is 560 g/mol. The lowest BCUT2D eigenvalue weighted by Crippen LogP contribution is -2.40. The van der Waals surface area contributed by atoms with Gasteiger partial charge in [-0.3, -0.25) is 4.79 Å². The van der Waals surface area contributed by atoms with Crippen molar-refractivity contribution in [3.63, 3.8) is 0 Å². The minimum Gasteiger partial charge on any atom is -0.388 e. The predicted molar refractivity (Wildman–Crippen MR) is 159 cm³/mol. The third-order valence-electron chi connectivity index (χ3n) is 8.59. The van der Waals surface area contributed by atoms with Crippen LogP contribution in [0, 0.1) is 23.2 Å². The SMILES string of the molecule is CNC(=O)C12CC1[C@@H](n1cnc3c(/C=C(\NC)c4ccccc4)nc(C#Cc4ccccc4)nc31)[C@@H]1OC(C)(C)O[C@@H]12. The van der Waals surface area contributed by atoms with Crippen LogP contribution in [0.4, 0.5) is 0 Å². The number of hydrogen-bond acceptors (Lipinski definition) is 7. The Morgan fingerprint density at radius 2 is 1.74 bits per heavy atom. The zero-order valence-corrected chi connectivity index (χ0v) is 24.0. The summed E-state index contributed by atoms with van der Waals surface area (Å²) in [5.74, 6) is 5.96. The number of carbonyl (C=O) groups is 1. The quantitative estimate of drug-likeness (QED) is 0.358. The number of ether oxygens (including phenoxy) is 2. The first-order valence-electron chi connectivity index (χ1n) is 14.2. The lowest BCUT2D eigenvalue weighted by Gasteiger charge is -2.24. The van der Waals surface area contributed by atoms with Gasteiger partial charge >= 0.3 is 0 Å². The minimum atomic E-state index is -0.800. The van der Waals surface area contributed by atoms with Crippen LogP contribution in [-0.2, 0) is 14.3 Å². The van der Waals surface area contributed by atoms with Gasteiger partial charge in [0.05, 0.1) is 23.5 Å². The van der Waals surface area contributed by atoms with Gasteiger partial charge in [0.15, 0.2) is 11.4 Å². The lowest BCUT2D eigenvalue weighted by atomic mass is 9.98. The molecule has 7 rings (SSSR count). The Morgan fingerprint density at radius 1 is 1.00 bits per heavy atom. The van der Waals surface area contributed by atoms with Crippen molar-refractivity contribution in [1.29, 1.82) is 0 Å². The van der Waals surface area contributed by atoms with Gasteiger partial charge in [-0.05, 0) is 50.0 Å². The van der Waals surface area contributed by atoms with E-state index < -0.39 is 11.2 Å². The Labute approximate surface area is 244 Å². The Hall–Kier alpha value is -4.52. The number of amides is 1. The van der Waals surface area contributed by atoms with E-state index in [0.29, 0.717) is 29.1 Å². The van der Waals surface area contributed by atoms with Crippen molar-refractivity contribution in [3.05, 3.63) is 89.6 Å². The highest BCUT2D eigenvalue weighted by Gasteiger charge is 2.79. The van der Waals surface area contributed by atoms with E-state index in [0.717, 1.165) is 16.8 Å². The highest BCUT2D eigenvalue weighted by molar-refractivity contribution is 5.90. The molecule has 0 radical (unpaired) electrons. The molecule has 2 aromatic heterocycles. The fraction of sp³-hybridized carbons (Fsp3) is 0.333. The van der Waals surface area contributed by atoms with Gasteiger partial charge in [-0.25, -0.2) is 15.0 Å². The first kappa shape index (κ1) is 26.4. The number of carbonyl (C=O) groups excluding carboxylic acids is 1. The number of benzene rings is 2. The fourth-order valence-electron chi connectivity index (χ4n) is 6.72. The molecule has 2 N–H and O–H groups in total. The maximum absolute atomic E-state index is 13.2. The summed E-state index contributed by atoms with van der Waals surface area (Å²) in [7, 11) is 3.56. The second kappa shape index (κ2) is 9.79. The predicted octanol–water partition coefficient (Wildman–Crippen LogP) is 3.77. The molecule has 1 aliphatic heterocycles. The summed E-state index contributed by atoms with van der Waals surface area (Å²) in [6.45, 7) is 3.79. The lowest BCUT2D eigenvalue weighted by molar-refractivity contribution is -0.164. The Balaban J connectivity index is 1.38. The van der Waals surface area contributed by atoms with Crippen molar-refractivity contribution in [1.82, 2.24) is 30.2 Å². The van der Waals surface area contributed by atoms with Crippen molar-refractivity contribution < 1.29 is 14.3 Å². The van der Waals surface area contributed by atoms with Crippen LogP contribution in [0.2, 0.25) is 0 Å². The number of fused-ring (bicyclic) bond motifs is 4. The van der Waals surface area contributed by atoms with Gasteiger partial charge < -0.3 is 24.7 Å². The summed E-state index contributed by atoms with van der Waals surface area (Å²) in [4.78, 5) is 27.8. The molecule has 42 heavy (non-hydrogen) atoms. The molecule has 1 saturated heterocycles. The molecule has 3 heterocycles. The van der Waals surface area contributed by atoms with Gasteiger partial charge in [0.1, 0.15) is 17.7 Å². The largest absolute Gasteiger partial charge is 0.388 e. The average molecular weight is 561 g/mol. The number of hydrogen-bond donors (Lipinski definition) is 2. The molecule has 2 unspecified atom stereocenters. The number of aromatic nitrogens is 4. The minimum absolute atomic E-state index is 0.00934. The topological polar surface area (TPSA) is 103 Å². The standard InChI is InChI=1S/C33H32N6O3/c1-32(2)41-28-27(22-18-33(22,29(28)42-32)31(40)35-4)39-19-36-26-24(17-23(34-3)21-13-9-6-10-14-21)37-25(38-30(26)39)16-15-20-11-7-5-8-12-20/h5-14,17,19,22,27-29,34H,18H2,1-4H3,(H,35,40)/b23-17-/t22?,27-,28+,29+,33?/m1/s1. The van der Waals surface area contributed by atoms with E-state index in [1.54, 1.807) is 13.4 Å². The molecule has 5 atom stereocenters. The van der Waals surface area contributed by atoms with Crippen molar-refractivity contribution >= 4 is 28.8 Å². The fourth-order valence-corrected chi connectivity index (χ4v) is 6.72. The average Bonchev–Trinajstić information content (AvgIpc) is 3.32. The molecule has 2 saturated carbocycles. The number of nitrogens with zero attached hydrogens (tertiary/aromatic N) is 4. The number of imidazole rings is 1. The van der Waals surface area contributed by atoms with Crippen molar-refractivity contribution in [2.75, 3.05) is 14.1 Å². The molecular formula is C33H32N6O3. The van der Waals surface area contributed by atoms with Crippen molar-refractivity contribution in [2.24, 2.45) is 11.3 Å². The van der Waals surface area contributed by atoms with Crippen LogP contribution >= 0.6 is 0 Å². The third-order valence-corrected chi connectivity index (χ3v) is 8.59. The van der Waals surface area contributed by atoms with E-state index in [-0.39, 0.29) is 30.1 Å². The molecule has 0 spiro atoms. The second-order valence-corrected chi connectivity index (χ2v) is 11.5. The van der Waals surface area contributed by atoms with E-state index in [2.05, 4.69) is 22.5 Å². The first-order chi connectivity index (χ1) is 20.3. The maximum atomic E-state index is 13.2. The molecule has 0 bridgehead atoms. The molecule has 2 aromatic carbocycles. The van der Waals surface area contributed by atoms with Crippen LogP contribution < -0.4 is 10.6 Å². The molecule has 9 nitrogen and oxygen atoms in total. The summed E-state index contributed by atoms with van der Waals surface area (Å²) >= 11 is 0. The van der Waals surface area contributed by atoms with E-state index >= 15 is 0 Å². The van der Waals surface area contributed by atoms with Gasteiger partial charge in [0, 0.05) is 31.3 Å². The molecule has 3 fully saturated rings. The van der Waals surface area contributed by atoms with Crippen LogP contribution in [0.25, 0.3) is 22.9 Å².